The van der Waals surface area contributed by atoms with Crippen molar-refractivity contribution in [3.63, 3.8) is 0 Å². The number of aromatic nitrogens is 1. The Morgan fingerprint density at radius 2 is 0.732 bits per heavy atom. The van der Waals surface area contributed by atoms with Crippen molar-refractivity contribution in [1.29, 1.82) is 0 Å². The third kappa shape index (κ3) is 5.34. The minimum Gasteiger partial charge on any atom is -0.455 e. The lowest BCUT2D eigenvalue weighted by Crippen LogP contribution is -1.93. The van der Waals surface area contributed by atoms with Crippen LogP contribution in [0, 0.1) is 0 Å². The lowest BCUT2D eigenvalue weighted by Gasteiger charge is -2.13. The molecule has 0 N–H and O–H groups in total. The molecular formula is C54H35NO. The van der Waals surface area contributed by atoms with E-state index < -0.39 is 0 Å². The van der Waals surface area contributed by atoms with Crippen LogP contribution in [0.5, 0.6) is 0 Å². The molecule has 11 rings (SSSR count). The zero-order chi connectivity index (χ0) is 37.0. The molecule has 0 bridgehead atoms. The summed E-state index contributed by atoms with van der Waals surface area (Å²) in [5, 5.41) is 4.70. The number of furan rings is 1. The predicted octanol–water partition coefficient (Wildman–Crippen LogP) is 15.0. The molecule has 0 radical (unpaired) electrons. The van der Waals surface area contributed by atoms with Gasteiger partial charge >= 0.3 is 0 Å². The molecule has 2 heteroatoms. The molecule has 2 nitrogen and oxygen atoms in total. The minimum atomic E-state index is 0.897. The van der Waals surface area contributed by atoms with Crippen molar-refractivity contribution in [2.24, 2.45) is 0 Å². The smallest absolute Gasteiger partial charge is 0.143 e. The van der Waals surface area contributed by atoms with E-state index in [1.54, 1.807) is 0 Å². The van der Waals surface area contributed by atoms with E-state index in [4.69, 9.17) is 4.42 Å². The fourth-order valence-electron chi connectivity index (χ4n) is 8.53. The second-order valence-electron chi connectivity index (χ2n) is 14.5. The van der Waals surface area contributed by atoms with Crippen LogP contribution in [0.4, 0.5) is 0 Å². The van der Waals surface area contributed by atoms with Crippen LogP contribution in [0.2, 0.25) is 0 Å². The van der Waals surface area contributed by atoms with Gasteiger partial charge in [0.2, 0.25) is 0 Å². The van der Waals surface area contributed by atoms with E-state index in [1.807, 2.05) is 0 Å². The van der Waals surface area contributed by atoms with Gasteiger partial charge in [-0.3, -0.25) is 0 Å². The molecule has 2 heterocycles. The first kappa shape index (κ1) is 32.0. The van der Waals surface area contributed by atoms with Gasteiger partial charge in [0.25, 0.3) is 0 Å². The average Bonchev–Trinajstić information content (AvgIpc) is 3.83. The second kappa shape index (κ2) is 13.2. The van der Waals surface area contributed by atoms with Gasteiger partial charge in [-0.1, -0.05) is 158 Å². The first-order valence-electron chi connectivity index (χ1n) is 19.2. The first-order valence-corrected chi connectivity index (χ1v) is 19.2. The third-order valence-electron chi connectivity index (χ3n) is 11.2. The van der Waals surface area contributed by atoms with Crippen LogP contribution in [-0.4, -0.2) is 4.57 Å². The van der Waals surface area contributed by atoms with Crippen molar-refractivity contribution in [2.75, 3.05) is 0 Å². The number of fused-ring (bicyclic) bond motifs is 6. The summed E-state index contributed by atoms with van der Waals surface area (Å²) in [6.45, 7) is 0. The van der Waals surface area contributed by atoms with Crippen LogP contribution in [0.3, 0.4) is 0 Å². The molecular weight excluding hydrogens is 679 g/mol. The topological polar surface area (TPSA) is 18.1 Å². The molecule has 0 spiro atoms. The zero-order valence-electron chi connectivity index (χ0n) is 30.6. The van der Waals surface area contributed by atoms with Crippen LogP contribution in [0.25, 0.3) is 105 Å². The first-order chi connectivity index (χ1) is 27.8. The molecule has 0 aliphatic heterocycles. The van der Waals surface area contributed by atoms with E-state index >= 15 is 0 Å². The highest BCUT2D eigenvalue weighted by atomic mass is 16.3. The van der Waals surface area contributed by atoms with E-state index in [2.05, 4.69) is 217 Å². The second-order valence-corrected chi connectivity index (χ2v) is 14.5. The van der Waals surface area contributed by atoms with Crippen molar-refractivity contribution < 1.29 is 4.42 Å². The van der Waals surface area contributed by atoms with Gasteiger partial charge in [-0.05, 0) is 99.1 Å². The molecule has 0 amide bonds. The van der Waals surface area contributed by atoms with Gasteiger partial charge in [0.05, 0.1) is 11.0 Å². The standard InChI is InChI=1S/C54H35NO/c1-4-15-36(16-5-1)38-19-12-20-39(31-38)41-32-42(40-29-30-52-50(35-40)47-23-10-11-28-51(47)55(52)44-21-8-3-9-22-44)34-43(33-41)46-25-14-27-49-48-26-13-24-45(53(48)56-54(46)49)37-17-6-2-7-18-37/h1-35H. The fraction of sp³-hybridized carbons (Fsp3) is 0. The molecule has 0 aliphatic carbocycles. The number of hydrogen-bond acceptors (Lipinski definition) is 1. The van der Waals surface area contributed by atoms with Gasteiger partial charge in [-0.25, -0.2) is 0 Å². The molecule has 0 saturated heterocycles. The molecule has 0 saturated carbocycles. The highest BCUT2D eigenvalue weighted by Gasteiger charge is 2.18. The molecule has 2 aromatic heterocycles. The van der Waals surface area contributed by atoms with E-state index in [9.17, 15) is 0 Å². The summed E-state index contributed by atoms with van der Waals surface area (Å²) in [6.07, 6.45) is 0. The fourth-order valence-corrected chi connectivity index (χ4v) is 8.53. The SMILES string of the molecule is c1ccc(-c2cccc(-c3cc(-c4ccc5c(c4)c4ccccc4n5-c4ccccc4)cc(-c4cccc5c4oc4c(-c6ccccc6)cccc45)c3)c2)cc1. The predicted molar refractivity (Wildman–Crippen MR) is 235 cm³/mol. The van der Waals surface area contributed by atoms with Crippen LogP contribution < -0.4 is 0 Å². The highest BCUT2D eigenvalue weighted by Crippen LogP contribution is 2.43. The monoisotopic (exact) mass is 713 g/mol. The molecule has 9 aromatic carbocycles. The highest BCUT2D eigenvalue weighted by molar-refractivity contribution is 6.14. The van der Waals surface area contributed by atoms with Gasteiger partial charge in [-0.2, -0.15) is 0 Å². The number of hydrogen-bond donors (Lipinski definition) is 0. The summed E-state index contributed by atoms with van der Waals surface area (Å²) in [5.74, 6) is 0. The number of benzene rings is 9. The maximum atomic E-state index is 6.94. The van der Waals surface area contributed by atoms with Gasteiger partial charge in [-0.15, -0.1) is 0 Å². The summed E-state index contributed by atoms with van der Waals surface area (Å²) in [7, 11) is 0. The van der Waals surface area contributed by atoms with Crippen molar-refractivity contribution in [3.8, 4) is 61.3 Å². The Kier molecular flexibility index (Phi) is 7.53. The summed E-state index contributed by atoms with van der Waals surface area (Å²) >= 11 is 0. The van der Waals surface area contributed by atoms with E-state index in [0.29, 0.717) is 0 Å². The average molecular weight is 714 g/mol. The summed E-state index contributed by atoms with van der Waals surface area (Å²) in [4.78, 5) is 0. The van der Waals surface area contributed by atoms with E-state index in [1.165, 1.54) is 44.1 Å². The lowest BCUT2D eigenvalue weighted by atomic mass is 9.91. The molecule has 0 unspecified atom stereocenters. The molecule has 0 fully saturated rings. The van der Waals surface area contributed by atoms with E-state index in [0.717, 1.165) is 61.0 Å². The van der Waals surface area contributed by atoms with Crippen molar-refractivity contribution in [3.05, 3.63) is 212 Å². The van der Waals surface area contributed by atoms with Crippen molar-refractivity contribution in [2.45, 2.75) is 0 Å². The van der Waals surface area contributed by atoms with Gasteiger partial charge in [0.1, 0.15) is 11.2 Å². The molecule has 11 aromatic rings. The third-order valence-corrected chi connectivity index (χ3v) is 11.2. The maximum absolute atomic E-state index is 6.94. The minimum absolute atomic E-state index is 0.897. The van der Waals surface area contributed by atoms with Crippen LogP contribution in [-0.2, 0) is 0 Å². The van der Waals surface area contributed by atoms with Crippen LogP contribution in [0.15, 0.2) is 217 Å². The zero-order valence-corrected chi connectivity index (χ0v) is 30.6. The van der Waals surface area contributed by atoms with E-state index in [-0.39, 0.29) is 0 Å². The quantitative estimate of drug-likeness (QED) is 0.168. The van der Waals surface area contributed by atoms with Crippen LogP contribution in [0.1, 0.15) is 0 Å². The molecule has 0 atom stereocenters. The van der Waals surface area contributed by atoms with Gasteiger partial charge < -0.3 is 8.98 Å². The molecule has 56 heavy (non-hydrogen) atoms. The Labute approximate surface area is 325 Å². The van der Waals surface area contributed by atoms with Gasteiger partial charge in [0.15, 0.2) is 0 Å². The Morgan fingerprint density at radius 3 is 1.43 bits per heavy atom. The normalized spacial score (nSPS) is 11.6. The van der Waals surface area contributed by atoms with Crippen LogP contribution >= 0.6 is 0 Å². The Morgan fingerprint density at radius 1 is 0.268 bits per heavy atom. The Hall–Kier alpha value is -7.42. The lowest BCUT2D eigenvalue weighted by molar-refractivity contribution is 0.671. The van der Waals surface area contributed by atoms with Gasteiger partial charge in [0, 0.05) is 38.4 Å². The maximum Gasteiger partial charge on any atom is 0.143 e. The number of rotatable bonds is 6. The Bertz CT molecular complexity index is 3230. The Balaban J connectivity index is 1.14. The molecule has 0 aliphatic rings. The largest absolute Gasteiger partial charge is 0.455 e. The summed E-state index contributed by atoms with van der Waals surface area (Å²) in [5.41, 5.74) is 16.8. The summed E-state index contributed by atoms with van der Waals surface area (Å²) in [6, 6.07) is 76.3. The number of para-hydroxylation sites is 4. The van der Waals surface area contributed by atoms with Crippen molar-refractivity contribution in [1.82, 2.24) is 4.57 Å². The number of nitrogens with zero attached hydrogens (tertiary/aromatic N) is 1. The summed E-state index contributed by atoms with van der Waals surface area (Å²) < 4.78 is 9.31. The molecule has 262 valence electrons. The van der Waals surface area contributed by atoms with Crippen molar-refractivity contribution >= 4 is 43.7 Å².